The van der Waals surface area contributed by atoms with Crippen molar-refractivity contribution < 1.29 is 14.4 Å². The Bertz CT molecular complexity index is 648. The highest BCUT2D eigenvalue weighted by atomic mass is 16.7. The summed E-state index contributed by atoms with van der Waals surface area (Å²) >= 11 is 0. The summed E-state index contributed by atoms with van der Waals surface area (Å²) < 4.78 is 4.83. The number of aromatic nitrogens is 3. The Labute approximate surface area is 135 Å². The van der Waals surface area contributed by atoms with Gasteiger partial charge in [0.15, 0.2) is 5.69 Å². The largest absolute Gasteiger partial charge is 0.464 e. The lowest BCUT2D eigenvalue weighted by atomic mass is 9.86. The van der Waals surface area contributed by atoms with E-state index in [0.29, 0.717) is 6.61 Å². The molecule has 0 N–H and O–H groups in total. The number of carbonyl (C=O) groups excluding carboxylic acids is 1. The molecule has 0 amide bonds. The summed E-state index contributed by atoms with van der Waals surface area (Å²) in [5.74, 6) is -0.219. The maximum absolute atomic E-state index is 12.0. The summed E-state index contributed by atoms with van der Waals surface area (Å²) in [6.07, 6.45) is 5.57. The predicted molar refractivity (Wildman–Crippen MR) is 83.9 cm³/mol. The second-order valence-corrected chi connectivity index (χ2v) is 5.78. The summed E-state index contributed by atoms with van der Waals surface area (Å²) in [6.45, 7) is 0.379. The molecule has 1 aliphatic rings. The first-order chi connectivity index (χ1) is 11.3. The molecule has 0 bridgehead atoms. The number of hydrogen-bond acceptors (Lipinski definition) is 5. The topological polar surface area (TPSA) is 66.2 Å². The average Bonchev–Trinajstić information content (AvgIpc) is 3.05. The molecule has 0 atom stereocenters. The van der Waals surface area contributed by atoms with Crippen LogP contribution in [0, 0.1) is 0 Å². The Kier molecular flexibility index (Phi) is 4.90. The van der Waals surface area contributed by atoms with Crippen LogP contribution < -0.4 is 4.84 Å². The monoisotopic (exact) mass is 315 g/mol. The fraction of sp³-hybridized carbons (Fsp3) is 0.471. The van der Waals surface area contributed by atoms with E-state index in [9.17, 15) is 4.79 Å². The molecule has 3 rings (SSSR count). The predicted octanol–water partition coefficient (Wildman–Crippen LogP) is 2.74. The van der Waals surface area contributed by atoms with Crippen LogP contribution in [0.5, 0.6) is 0 Å². The molecular formula is C17H21N3O3. The van der Waals surface area contributed by atoms with Gasteiger partial charge in [-0.2, -0.15) is 0 Å². The number of carbonyl (C=O) groups is 1. The molecule has 0 unspecified atom stereocenters. The van der Waals surface area contributed by atoms with Crippen molar-refractivity contribution in [3.8, 4) is 0 Å². The van der Waals surface area contributed by atoms with Crippen LogP contribution in [-0.2, 0) is 11.3 Å². The molecule has 0 aliphatic heterocycles. The molecule has 1 fully saturated rings. The van der Waals surface area contributed by atoms with Crippen molar-refractivity contribution in [1.82, 2.24) is 15.2 Å². The first-order valence-electron chi connectivity index (χ1n) is 8.00. The lowest BCUT2D eigenvalue weighted by Crippen LogP contribution is -2.21. The van der Waals surface area contributed by atoms with Gasteiger partial charge in [0.25, 0.3) is 0 Å². The Balaban J connectivity index is 1.83. The van der Waals surface area contributed by atoms with Crippen molar-refractivity contribution in [2.45, 2.75) is 44.6 Å². The minimum atomic E-state index is -0.458. The van der Waals surface area contributed by atoms with Gasteiger partial charge in [-0.15, -0.1) is 5.10 Å². The third kappa shape index (κ3) is 3.52. The van der Waals surface area contributed by atoms with Gasteiger partial charge in [0.1, 0.15) is 12.3 Å². The highest BCUT2D eigenvalue weighted by Crippen LogP contribution is 2.33. The molecule has 0 saturated heterocycles. The van der Waals surface area contributed by atoms with Gasteiger partial charge < -0.3 is 9.57 Å². The normalized spacial score (nSPS) is 15.3. The molecule has 0 spiro atoms. The molecule has 6 nitrogen and oxygen atoms in total. The van der Waals surface area contributed by atoms with E-state index in [0.717, 1.165) is 36.9 Å². The van der Waals surface area contributed by atoms with Crippen LogP contribution in [0.3, 0.4) is 0 Å². The molecule has 23 heavy (non-hydrogen) atoms. The zero-order valence-electron chi connectivity index (χ0n) is 13.3. The number of esters is 1. The quantitative estimate of drug-likeness (QED) is 0.794. The van der Waals surface area contributed by atoms with E-state index in [-0.39, 0.29) is 11.6 Å². The molecule has 1 saturated carbocycles. The summed E-state index contributed by atoms with van der Waals surface area (Å²) in [5.41, 5.74) is 2.05. The fourth-order valence-corrected chi connectivity index (χ4v) is 3.05. The van der Waals surface area contributed by atoms with Crippen molar-refractivity contribution >= 4 is 5.97 Å². The van der Waals surface area contributed by atoms with Crippen LogP contribution >= 0.6 is 0 Å². The second kappa shape index (κ2) is 7.26. The van der Waals surface area contributed by atoms with Gasteiger partial charge in [-0.25, -0.2) is 4.79 Å². The first-order valence-corrected chi connectivity index (χ1v) is 8.00. The number of methoxy groups -OCH3 is 1. The van der Waals surface area contributed by atoms with Crippen LogP contribution in [0.1, 0.15) is 59.8 Å². The van der Waals surface area contributed by atoms with Crippen LogP contribution in [-0.4, -0.2) is 28.2 Å². The van der Waals surface area contributed by atoms with Crippen LogP contribution in [0.4, 0.5) is 0 Å². The smallest absolute Gasteiger partial charge is 0.360 e. The van der Waals surface area contributed by atoms with Crippen LogP contribution in [0.15, 0.2) is 30.3 Å². The molecule has 2 aromatic rings. The van der Waals surface area contributed by atoms with E-state index >= 15 is 0 Å². The molecule has 6 heteroatoms. The Morgan fingerprint density at radius 2 is 1.96 bits per heavy atom. The third-order valence-electron chi connectivity index (χ3n) is 4.24. The highest BCUT2D eigenvalue weighted by Gasteiger charge is 2.29. The van der Waals surface area contributed by atoms with E-state index < -0.39 is 5.97 Å². The van der Waals surface area contributed by atoms with Gasteiger partial charge >= 0.3 is 5.97 Å². The summed E-state index contributed by atoms with van der Waals surface area (Å²) in [4.78, 5) is 19.2. The lowest BCUT2D eigenvalue weighted by molar-refractivity contribution is 0.0537. The second-order valence-electron chi connectivity index (χ2n) is 5.78. The van der Waals surface area contributed by atoms with Crippen molar-refractivity contribution in [2.24, 2.45) is 0 Å². The van der Waals surface area contributed by atoms with Crippen molar-refractivity contribution in [3.63, 3.8) is 0 Å². The van der Waals surface area contributed by atoms with Crippen molar-refractivity contribution in [2.75, 3.05) is 7.11 Å². The molecule has 122 valence electrons. The van der Waals surface area contributed by atoms with Gasteiger partial charge in [0.05, 0.1) is 7.11 Å². The van der Waals surface area contributed by atoms with Crippen LogP contribution in [0.25, 0.3) is 0 Å². The molecule has 1 aromatic carbocycles. The van der Waals surface area contributed by atoms with E-state index in [1.54, 1.807) is 0 Å². The minimum Gasteiger partial charge on any atom is -0.464 e. The number of nitrogens with zero attached hydrogens (tertiary/aromatic N) is 3. The van der Waals surface area contributed by atoms with Crippen LogP contribution in [0.2, 0.25) is 0 Å². The zero-order chi connectivity index (χ0) is 16.1. The molecule has 1 heterocycles. The Morgan fingerprint density at radius 3 is 2.65 bits per heavy atom. The third-order valence-corrected chi connectivity index (χ3v) is 4.24. The minimum absolute atomic E-state index is 0.239. The maximum atomic E-state index is 12.0. The SMILES string of the molecule is COC(=O)c1nnn(OCc2ccccc2)c1C1CCCCC1. The molecular weight excluding hydrogens is 294 g/mol. The Hall–Kier alpha value is -2.37. The van der Waals surface area contributed by atoms with Gasteiger partial charge in [0, 0.05) is 5.92 Å². The van der Waals surface area contributed by atoms with Gasteiger partial charge in [0.2, 0.25) is 0 Å². The number of hydrogen-bond donors (Lipinski definition) is 0. The highest BCUT2D eigenvalue weighted by molar-refractivity contribution is 5.88. The molecule has 1 aromatic heterocycles. The fourth-order valence-electron chi connectivity index (χ4n) is 3.05. The maximum Gasteiger partial charge on any atom is 0.360 e. The van der Waals surface area contributed by atoms with Gasteiger partial charge in [-0.3, -0.25) is 0 Å². The lowest BCUT2D eigenvalue weighted by Gasteiger charge is -2.22. The molecule has 1 aliphatic carbocycles. The summed E-state index contributed by atoms with van der Waals surface area (Å²) in [7, 11) is 1.36. The summed E-state index contributed by atoms with van der Waals surface area (Å²) in [6, 6.07) is 9.85. The standard InChI is InChI=1S/C17H21N3O3/c1-22-17(21)15-16(14-10-6-3-7-11-14)20(19-18-15)23-12-13-8-4-2-5-9-13/h2,4-5,8-9,14H,3,6-7,10-12H2,1H3. The summed E-state index contributed by atoms with van der Waals surface area (Å²) in [5, 5.41) is 8.01. The number of rotatable bonds is 5. The molecule has 0 radical (unpaired) electrons. The number of ether oxygens (including phenoxy) is 1. The van der Waals surface area contributed by atoms with Gasteiger partial charge in [-0.1, -0.05) is 54.4 Å². The van der Waals surface area contributed by atoms with Crippen molar-refractivity contribution in [3.05, 3.63) is 47.3 Å². The van der Waals surface area contributed by atoms with E-state index in [2.05, 4.69) is 10.3 Å². The van der Waals surface area contributed by atoms with E-state index in [1.165, 1.54) is 18.4 Å². The zero-order valence-corrected chi connectivity index (χ0v) is 13.3. The average molecular weight is 315 g/mol. The Morgan fingerprint density at radius 1 is 1.22 bits per heavy atom. The number of benzene rings is 1. The van der Waals surface area contributed by atoms with Gasteiger partial charge in [-0.05, 0) is 23.6 Å². The van der Waals surface area contributed by atoms with E-state index in [1.807, 2.05) is 30.3 Å². The van der Waals surface area contributed by atoms with E-state index in [4.69, 9.17) is 9.57 Å². The first kappa shape index (κ1) is 15.5. The van der Waals surface area contributed by atoms with Crippen molar-refractivity contribution in [1.29, 1.82) is 0 Å².